The standard InChI is InChI=1S/C20H28N6O4/c1-24(2)7-5-6-21-18(27)15-8-13(10-25(15)3)22-19(28)16-9-14(11-26(16)4)23-20(29)17-12-30-17/h8-11,17H,5-7,12H2,1-4H3,(H,21,27)(H,22,28)(H,23,29). The Labute approximate surface area is 175 Å². The Bertz CT molecular complexity index is 941. The molecule has 1 atom stereocenters. The van der Waals surface area contributed by atoms with Crippen molar-refractivity contribution in [1.29, 1.82) is 0 Å². The molecule has 0 radical (unpaired) electrons. The summed E-state index contributed by atoms with van der Waals surface area (Å²) in [5.74, 6) is -0.760. The minimum atomic E-state index is -0.403. The first-order valence-electron chi connectivity index (χ1n) is 9.74. The molecule has 3 N–H and O–H groups in total. The van der Waals surface area contributed by atoms with Gasteiger partial charge in [0.15, 0.2) is 6.10 Å². The van der Waals surface area contributed by atoms with Gasteiger partial charge in [-0.05, 0) is 39.2 Å². The van der Waals surface area contributed by atoms with E-state index in [9.17, 15) is 14.4 Å². The van der Waals surface area contributed by atoms with E-state index in [-0.39, 0.29) is 17.7 Å². The summed E-state index contributed by atoms with van der Waals surface area (Å²) in [6, 6.07) is 3.23. The van der Waals surface area contributed by atoms with Crippen LogP contribution in [-0.4, -0.2) is 71.7 Å². The minimum Gasteiger partial charge on any atom is -0.363 e. The molecule has 30 heavy (non-hydrogen) atoms. The Hall–Kier alpha value is -3.11. The molecule has 1 saturated heterocycles. The molecule has 0 aliphatic carbocycles. The van der Waals surface area contributed by atoms with Crippen molar-refractivity contribution in [2.45, 2.75) is 12.5 Å². The van der Waals surface area contributed by atoms with Gasteiger partial charge in [-0.15, -0.1) is 0 Å². The number of carbonyl (C=O) groups is 3. The Kier molecular flexibility index (Phi) is 6.58. The topological polar surface area (TPSA) is 113 Å². The maximum atomic E-state index is 12.7. The lowest BCUT2D eigenvalue weighted by Gasteiger charge is -2.10. The van der Waals surface area contributed by atoms with E-state index in [4.69, 9.17) is 4.74 Å². The number of nitrogens with one attached hydrogen (secondary N) is 3. The molecule has 2 aromatic heterocycles. The molecule has 0 spiro atoms. The fourth-order valence-corrected chi connectivity index (χ4v) is 3.02. The van der Waals surface area contributed by atoms with E-state index in [2.05, 4.69) is 20.9 Å². The number of aromatic nitrogens is 2. The lowest BCUT2D eigenvalue weighted by Crippen LogP contribution is -2.28. The van der Waals surface area contributed by atoms with Gasteiger partial charge in [-0.1, -0.05) is 0 Å². The summed E-state index contributed by atoms with van der Waals surface area (Å²) in [4.78, 5) is 38.9. The molecule has 0 aromatic carbocycles. The van der Waals surface area contributed by atoms with E-state index in [0.717, 1.165) is 13.0 Å². The lowest BCUT2D eigenvalue weighted by atomic mass is 10.3. The Morgan fingerprint density at radius 2 is 1.60 bits per heavy atom. The summed E-state index contributed by atoms with van der Waals surface area (Å²) in [5.41, 5.74) is 1.87. The fourth-order valence-electron chi connectivity index (χ4n) is 3.02. The number of carbonyl (C=O) groups excluding carboxylic acids is 3. The largest absolute Gasteiger partial charge is 0.363 e. The van der Waals surface area contributed by atoms with Crippen molar-refractivity contribution in [1.82, 2.24) is 19.4 Å². The molecule has 3 amide bonds. The van der Waals surface area contributed by atoms with Crippen LogP contribution in [0.1, 0.15) is 27.4 Å². The van der Waals surface area contributed by atoms with Crippen LogP contribution >= 0.6 is 0 Å². The van der Waals surface area contributed by atoms with E-state index in [1.807, 2.05) is 14.1 Å². The number of anilines is 2. The third-order valence-corrected chi connectivity index (χ3v) is 4.69. The Morgan fingerprint density at radius 1 is 1.03 bits per heavy atom. The van der Waals surface area contributed by atoms with Crippen molar-refractivity contribution < 1.29 is 19.1 Å². The first-order valence-corrected chi connectivity index (χ1v) is 9.74. The van der Waals surface area contributed by atoms with Crippen LogP contribution in [0.25, 0.3) is 0 Å². The quantitative estimate of drug-likeness (QED) is 0.410. The second-order valence-electron chi connectivity index (χ2n) is 7.63. The zero-order chi connectivity index (χ0) is 21.8. The molecule has 3 heterocycles. The van der Waals surface area contributed by atoms with Crippen LogP contribution in [0.2, 0.25) is 0 Å². The third-order valence-electron chi connectivity index (χ3n) is 4.69. The number of hydrogen-bond donors (Lipinski definition) is 3. The Balaban J connectivity index is 1.59. The molecule has 10 heteroatoms. The number of aryl methyl sites for hydroxylation is 2. The average Bonchev–Trinajstić information content (AvgIpc) is 3.37. The summed E-state index contributed by atoms with van der Waals surface area (Å²) < 4.78 is 8.24. The Morgan fingerprint density at radius 3 is 2.17 bits per heavy atom. The second kappa shape index (κ2) is 9.14. The highest BCUT2D eigenvalue weighted by atomic mass is 16.6. The van der Waals surface area contributed by atoms with Crippen LogP contribution in [0.5, 0.6) is 0 Å². The highest BCUT2D eigenvalue weighted by molar-refractivity contribution is 6.05. The number of epoxide rings is 1. The van der Waals surface area contributed by atoms with Gasteiger partial charge in [-0.2, -0.15) is 0 Å². The molecule has 2 aromatic rings. The van der Waals surface area contributed by atoms with E-state index in [1.165, 1.54) is 0 Å². The predicted octanol–water partition coefficient (Wildman–Crippen LogP) is 0.635. The van der Waals surface area contributed by atoms with E-state index >= 15 is 0 Å². The summed E-state index contributed by atoms with van der Waals surface area (Å²) in [6.45, 7) is 1.89. The molecule has 1 aliphatic heterocycles. The van der Waals surface area contributed by atoms with Crippen molar-refractivity contribution in [3.8, 4) is 0 Å². The monoisotopic (exact) mass is 416 g/mol. The maximum Gasteiger partial charge on any atom is 0.272 e. The van der Waals surface area contributed by atoms with Gasteiger partial charge in [0.2, 0.25) is 0 Å². The van der Waals surface area contributed by atoms with Crippen LogP contribution < -0.4 is 16.0 Å². The van der Waals surface area contributed by atoms with Crippen molar-refractivity contribution in [3.63, 3.8) is 0 Å². The fraction of sp³-hybridized carbons (Fsp3) is 0.450. The molecule has 162 valence electrons. The SMILES string of the molecule is CN(C)CCCNC(=O)c1cc(NC(=O)c2cc(NC(=O)C3CO3)cn2C)cn1C. The summed E-state index contributed by atoms with van der Waals surface area (Å²) in [6.07, 6.45) is 3.79. The first kappa shape index (κ1) is 21.6. The smallest absolute Gasteiger partial charge is 0.272 e. The summed E-state index contributed by atoms with van der Waals surface area (Å²) >= 11 is 0. The zero-order valence-electron chi connectivity index (χ0n) is 17.7. The number of nitrogens with zero attached hydrogens (tertiary/aromatic N) is 3. The van der Waals surface area contributed by atoms with Crippen molar-refractivity contribution in [2.75, 3.05) is 44.4 Å². The number of amides is 3. The zero-order valence-corrected chi connectivity index (χ0v) is 17.7. The van der Waals surface area contributed by atoms with Crippen molar-refractivity contribution in [3.05, 3.63) is 35.9 Å². The molecule has 0 saturated carbocycles. The van der Waals surface area contributed by atoms with Gasteiger partial charge in [0.05, 0.1) is 18.0 Å². The third kappa shape index (κ3) is 5.49. The van der Waals surface area contributed by atoms with Crippen LogP contribution in [0, 0.1) is 0 Å². The molecular weight excluding hydrogens is 388 g/mol. The van der Waals surface area contributed by atoms with Gasteiger partial charge >= 0.3 is 0 Å². The van der Waals surface area contributed by atoms with Gasteiger partial charge in [0, 0.05) is 33.0 Å². The average molecular weight is 416 g/mol. The summed E-state index contributed by atoms with van der Waals surface area (Å²) in [7, 11) is 7.44. The second-order valence-corrected chi connectivity index (χ2v) is 7.63. The van der Waals surface area contributed by atoms with Crippen molar-refractivity contribution >= 4 is 29.1 Å². The normalized spacial score (nSPS) is 15.2. The molecule has 0 bridgehead atoms. The first-order chi connectivity index (χ1) is 14.2. The maximum absolute atomic E-state index is 12.7. The van der Waals surface area contributed by atoms with E-state index in [1.54, 1.807) is 47.8 Å². The lowest BCUT2D eigenvalue weighted by molar-refractivity contribution is -0.117. The highest BCUT2D eigenvalue weighted by Crippen LogP contribution is 2.19. The molecule has 1 fully saturated rings. The van der Waals surface area contributed by atoms with Crippen molar-refractivity contribution in [2.24, 2.45) is 14.1 Å². The van der Waals surface area contributed by atoms with Crippen LogP contribution in [0.3, 0.4) is 0 Å². The van der Waals surface area contributed by atoms with Gasteiger partial charge < -0.3 is 34.7 Å². The molecular formula is C20H28N6O4. The van der Waals surface area contributed by atoms with E-state index < -0.39 is 6.10 Å². The number of rotatable bonds is 9. The molecule has 10 nitrogen and oxygen atoms in total. The van der Waals surface area contributed by atoms with Gasteiger partial charge in [-0.25, -0.2) is 0 Å². The van der Waals surface area contributed by atoms with Crippen LogP contribution in [0.15, 0.2) is 24.5 Å². The van der Waals surface area contributed by atoms with Crippen LogP contribution in [0.4, 0.5) is 11.4 Å². The summed E-state index contributed by atoms with van der Waals surface area (Å²) in [5, 5.41) is 8.40. The number of ether oxygens (including phenoxy) is 1. The van der Waals surface area contributed by atoms with Gasteiger partial charge in [0.25, 0.3) is 17.7 Å². The molecule has 1 aliphatic rings. The van der Waals surface area contributed by atoms with Crippen LogP contribution in [-0.2, 0) is 23.6 Å². The highest BCUT2D eigenvalue weighted by Gasteiger charge is 2.31. The number of hydrogen-bond acceptors (Lipinski definition) is 5. The van der Waals surface area contributed by atoms with E-state index in [0.29, 0.717) is 35.9 Å². The molecule has 1 unspecified atom stereocenters. The minimum absolute atomic E-state index is 0.192. The molecule has 3 rings (SSSR count). The van der Waals surface area contributed by atoms with Gasteiger partial charge in [-0.3, -0.25) is 14.4 Å². The van der Waals surface area contributed by atoms with Gasteiger partial charge in [0.1, 0.15) is 11.4 Å². The predicted molar refractivity (Wildman–Crippen MR) is 113 cm³/mol.